The zero-order valence-corrected chi connectivity index (χ0v) is 15.8. The fraction of sp³-hybridized carbons (Fsp3) is 0.929. The lowest BCUT2D eigenvalue weighted by atomic mass is 10.1. The van der Waals surface area contributed by atoms with Gasteiger partial charge in [-0.25, -0.2) is 0 Å². The first kappa shape index (κ1) is 18.4. The number of guanidine groups is 1. The second-order valence-electron chi connectivity index (χ2n) is 5.68. The molecule has 4 nitrogen and oxygen atoms in total. The SMILES string of the molecule is CN=C(NCCC1CCCO1)NCC1(C)CCCS1.I. The van der Waals surface area contributed by atoms with Gasteiger partial charge in [0.1, 0.15) is 0 Å². The van der Waals surface area contributed by atoms with Gasteiger partial charge >= 0.3 is 0 Å². The lowest BCUT2D eigenvalue weighted by molar-refractivity contribution is 0.105. The number of hydrogen-bond donors (Lipinski definition) is 2. The second-order valence-corrected chi connectivity index (χ2v) is 7.36. The molecule has 0 aromatic rings. The van der Waals surface area contributed by atoms with Crippen LogP contribution >= 0.6 is 35.7 Å². The summed E-state index contributed by atoms with van der Waals surface area (Å²) in [7, 11) is 1.84. The number of halogens is 1. The average Bonchev–Trinajstić information content (AvgIpc) is 3.06. The molecule has 2 saturated heterocycles. The van der Waals surface area contributed by atoms with Crippen LogP contribution < -0.4 is 10.6 Å². The molecular weight excluding hydrogens is 385 g/mol. The van der Waals surface area contributed by atoms with Crippen molar-refractivity contribution < 1.29 is 4.74 Å². The topological polar surface area (TPSA) is 45.7 Å². The summed E-state index contributed by atoms with van der Waals surface area (Å²) < 4.78 is 6.00. The van der Waals surface area contributed by atoms with Gasteiger partial charge in [-0.1, -0.05) is 0 Å². The molecule has 2 fully saturated rings. The van der Waals surface area contributed by atoms with Crippen molar-refractivity contribution in [3.8, 4) is 0 Å². The molecule has 2 heterocycles. The van der Waals surface area contributed by atoms with Gasteiger partial charge in [-0.2, -0.15) is 11.8 Å². The first-order chi connectivity index (χ1) is 9.22. The van der Waals surface area contributed by atoms with Crippen molar-refractivity contribution in [1.82, 2.24) is 10.6 Å². The summed E-state index contributed by atoms with van der Waals surface area (Å²) in [6.07, 6.45) is 6.60. The van der Waals surface area contributed by atoms with Crippen LogP contribution in [0.3, 0.4) is 0 Å². The van der Waals surface area contributed by atoms with Crippen molar-refractivity contribution in [1.29, 1.82) is 0 Å². The van der Waals surface area contributed by atoms with Crippen LogP contribution in [0.2, 0.25) is 0 Å². The van der Waals surface area contributed by atoms with Gasteiger partial charge in [0.25, 0.3) is 0 Å². The number of aliphatic imine (C=N–C) groups is 1. The molecule has 0 spiro atoms. The zero-order valence-electron chi connectivity index (χ0n) is 12.6. The number of hydrogen-bond acceptors (Lipinski definition) is 3. The molecule has 0 aliphatic carbocycles. The van der Waals surface area contributed by atoms with Crippen molar-refractivity contribution in [2.45, 2.75) is 49.9 Å². The van der Waals surface area contributed by atoms with Gasteiger partial charge in [0.15, 0.2) is 5.96 Å². The molecule has 20 heavy (non-hydrogen) atoms. The van der Waals surface area contributed by atoms with E-state index in [4.69, 9.17) is 4.74 Å². The van der Waals surface area contributed by atoms with Crippen molar-refractivity contribution in [2.24, 2.45) is 4.99 Å². The minimum atomic E-state index is 0. The van der Waals surface area contributed by atoms with Crippen LogP contribution in [0.5, 0.6) is 0 Å². The molecule has 0 aromatic heterocycles. The molecule has 2 aliphatic rings. The van der Waals surface area contributed by atoms with Crippen molar-refractivity contribution in [3.63, 3.8) is 0 Å². The highest BCUT2D eigenvalue weighted by molar-refractivity contribution is 14.0. The molecule has 118 valence electrons. The minimum absolute atomic E-state index is 0. The molecule has 2 rings (SSSR count). The maximum absolute atomic E-state index is 5.62. The number of nitrogens with zero attached hydrogens (tertiary/aromatic N) is 1. The van der Waals surface area contributed by atoms with E-state index in [1.807, 2.05) is 7.05 Å². The first-order valence-electron chi connectivity index (χ1n) is 7.42. The Labute approximate surface area is 144 Å². The molecule has 0 radical (unpaired) electrons. The summed E-state index contributed by atoms with van der Waals surface area (Å²) in [5.74, 6) is 2.22. The lowest BCUT2D eigenvalue weighted by Crippen LogP contribution is -2.44. The number of nitrogens with one attached hydrogen (secondary N) is 2. The zero-order chi connectivity index (χ0) is 13.6. The van der Waals surface area contributed by atoms with Crippen molar-refractivity contribution >= 4 is 41.7 Å². The highest BCUT2D eigenvalue weighted by Crippen LogP contribution is 2.36. The molecule has 2 unspecified atom stereocenters. The summed E-state index contributed by atoms with van der Waals surface area (Å²) >= 11 is 2.08. The van der Waals surface area contributed by atoms with E-state index in [1.54, 1.807) is 0 Å². The molecule has 2 atom stereocenters. The average molecular weight is 413 g/mol. The van der Waals surface area contributed by atoms with Crippen molar-refractivity contribution in [2.75, 3.05) is 32.5 Å². The smallest absolute Gasteiger partial charge is 0.191 e. The van der Waals surface area contributed by atoms with Gasteiger partial charge in [0, 0.05) is 31.5 Å². The van der Waals surface area contributed by atoms with E-state index in [2.05, 4.69) is 34.3 Å². The monoisotopic (exact) mass is 413 g/mol. The Morgan fingerprint density at radius 1 is 1.40 bits per heavy atom. The Morgan fingerprint density at radius 3 is 2.85 bits per heavy atom. The second kappa shape index (κ2) is 9.35. The van der Waals surface area contributed by atoms with Gasteiger partial charge < -0.3 is 15.4 Å². The Morgan fingerprint density at radius 2 is 2.25 bits per heavy atom. The Bertz CT molecular complexity index is 303. The van der Waals surface area contributed by atoms with Crippen molar-refractivity contribution in [3.05, 3.63) is 0 Å². The molecule has 2 N–H and O–H groups in total. The van der Waals surface area contributed by atoms with Crippen LogP contribution in [-0.4, -0.2) is 49.3 Å². The molecule has 0 amide bonds. The summed E-state index contributed by atoms with van der Waals surface area (Å²) in [5, 5.41) is 6.84. The number of rotatable bonds is 5. The van der Waals surface area contributed by atoms with Gasteiger partial charge in [-0.05, 0) is 44.8 Å². The third-order valence-corrected chi connectivity index (χ3v) is 5.47. The third kappa shape index (κ3) is 5.97. The first-order valence-corrected chi connectivity index (χ1v) is 8.40. The van der Waals surface area contributed by atoms with E-state index in [-0.39, 0.29) is 24.0 Å². The maximum atomic E-state index is 5.62. The Balaban J connectivity index is 0.00000200. The fourth-order valence-electron chi connectivity index (χ4n) is 2.69. The van der Waals surface area contributed by atoms with Crippen LogP contribution in [0.1, 0.15) is 39.0 Å². The molecule has 2 aliphatic heterocycles. The molecule has 0 bridgehead atoms. The Kier molecular flexibility index (Phi) is 8.59. The maximum Gasteiger partial charge on any atom is 0.191 e. The number of thioether (sulfide) groups is 1. The lowest BCUT2D eigenvalue weighted by Gasteiger charge is -2.24. The summed E-state index contributed by atoms with van der Waals surface area (Å²) in [6.45, 7) is 5.22. The summed E-state index contributed by atoms with van der Waals surface area (Å²) in [5.41, 5.74) is 0. The van der Waals surface area contributed by atoms with Gasteiger partial charge in [0.2, 0.25) is 0 Å². The third-order valence-electron chi connectivity index (χ3n) is 3.94. The van der Waals surface area contributed by atoms with Gasteiger partial charge in [-0.15, -0.1) is 24.0 Å². The van der Waals surface area contributed by atoms with Crippen LogP contribution in [0, 0.1) is 0 Å². The van der Waals surface area contributed by atoms with E-state index in [0.717, 1.165) is 32.1 Å². The van der Waals surface area contributed by atoms with Crippen LogP contribution in [0.25, 0.3) is 0 Å². The summed E-state index contributed by atoms with van der Waals surface area (Å²) in [4.78, 5) is 4.29. The van der Waals surface area contributed by atoms with E-state index >= 15 is 0 Å². The van der Waals surface area contributed by atoms with E-state index in [9.17, 15) is 0 Å². The van der Waals surface area contributed by atoms with Crippen LogP contribution in [-0.2, 0) is 4.74 Å². The minimum Gasteiger partial charge on any atom is -0.378 e. The summed E-state index contributed by atoms with van der Waals surface area (Å²) in [6, 6.07) is 0. The normalized spacial score (nSPS) is 30.1. The van der Waals surface area contributed by atoms with Gasteiger partial charge in [0.05, 0.1) is 6.10 Å². The molecule has 0 aromatic carbocycles. The molecular formula is C14H28IN3OS. The van der Waals surface area contributed by atoms with Crippen LogP contribution in [0.4, 0.5) is 0 Å². The highest BCUT2D eigenvalue weighted by Gasteiger charge is 2.29. The number of ether oxygens (including phenoxy) is 1. The fourth-order valence-corrected chi connectivity index (χ4v) is 3.94. The van der Waals surface area contributed by atoms with E-state index in [0.29, 0.717) is 10.9 Å². The van der Waals surface area contributed by atoms with E-state index in [1.165, 1.54) is 31.4 Å². The molecule has 0 saturated carbocycles. The molecule has 6 heteroatoms. The van der Waals surface area contributed by atoms with Gasteiger partial charge in [-0.3, -0.25) is 4.99 Å². The van der Waals surface area contributed by atoms with E-state index < -0.39 is 0 Å². The van der Waals surface area contributed by atoms with Crippen LogP contribution in [0.15, 0.2) is 4.99 Å². The largest absolute Gasteiger partial charge is 0.378 e. The predicted octanol–water partition coefficient (Wildman–Crippen LogP) is 2.62. The standard InChI is InChI=1S/C14H27N3OS.HI/c1-14(7-4-10-19-14)11-17-13(15-2)16-8-6-12-5-3-9-18-12;/h12H,3-11H2,1-2H3,(H2,15,16,17);1H. The highest BCUT2D eigenvalue weighted by atomic mass is 127. The Hall–Kier alpha value is 0.310. The quantitative estimate of drug-likeness (QED) is 0.413. The predicted molar refractivity (Wildman–Crippen MR) is 98.5 cm³/mol.